The zero-order valence-electron chi connectivity index (χ0n) is 17.3. The molecule has 1 aliphatic heterocycles. The number of rotatable bonds is 7. The molecule has 8 heteroatoms. The number of nitrogens with zero attached hydrogens (tertiary/aromatic N) is 2. The second-order valence-electron chi connectivity index (χ2n) is 7.38. The predicted molar refractivity (Wildman–Crippen MR) is 112 cm³/mol. The van der Waals surface area contributed by atoms with Crippen LogP contribution in [0.15, 0.2) is 53.4 Å². The van der Waals surface area contributed by atoms with Gasteiger partial charge >= 0.3 is 0 Å². The molecule has 0 aliphatic carbocycles. The summed E-state index contributed by atoms with van der Waals surface area (Å²) < 4.78 is 46.1. The van der Waals surface area contributed by atoms with Gasteiger partial charge in [-0.15, -0.1) is 0 Å². The third kappa shape index (κ3) is 4.99. The molecule has 162 valence electrons. The summed E-state index contributed by atoms with van der Waals surface area (Å²) >= 11 is 0. The minimum absolute atomic E-state index is 0.00757. The molecule has 0 bridgehead atoms. The van der Waals surface area contributed by atoms with Gasteiger partial charge in [0, 0.05) is 32.6 Å². The summed E-state index contributed by atoms with van der Waals surface area (Å²) in [6, 6.07) is 13.0. The third-order valence-corrected chi connectivity index (χ3v) is 7.22. The number of hydrogen-bond acceptors (Lipinski definition) is 4. The molecule has 2 aromatic rings. The highest BCUT2D eigenvalue weighted by Crippen LogP contribution is 2.26. The Morgan fingerprint density at radius 2 is 1.77 bits per heavy atom. The van der Waals surface area contributed by atoms with Crippen LogP contribution in [0, 0.1) is 11.7 Å². The summed E-state index contributed by atoms with van der Waals surface area (Å²) in [5.41, 5.74) is 0.994. The van der Waals surface area contributed by atoms with Crippen LogP contribution in [0.4, 0.5) is 4.39 Å². The maximum Gasteiger partial charge on any atom is 0.245 e. The number of amides is 1. The van der Waals surface area contributed by atoms with Crippen LogP contribution in [-0.2, 0) is 21.4 Å². The molecule has 2 aromatic carbocycles. The van der Waals surface area contributed by atoms with Crippen LogP contribution in [0.1, 0.15) is 25.3 Å². The summed E-state index contributed by atoms with van der Waals surface area (Å²) in [6.45, 7) is 3.39. The number of piperidine rings is 1. The van der Waals surface area contributed by atoms with Gasteiger partial charge in [-0.1, -0.05) is 24.3 Å². The highest BCUT2D eigenvalue weighted by atomic mass is 32.2. The molecule has 1 fully saturated rings. The van der Waals surface area contributed by atoms with Crippen LogP contribution < -0.4 is 4.74 Å². The molecular weight excluding hydrogens is 407 g/mol. The van der Waals surface area contributed by atoms with Crippen LogP contribution >= 0.6 is 0 Å². The number of ether oxygens (including phenoxy) is 1. The zero-order valence-corrected chi connectivity index (χ0v) is 18.1. The molecule has 1 aliphatic rings. The van der Waals surface area contributed by atoms with Gasteiger partial charge in [-0.25, -0.2) is 12.8 Å². The Hall–Kier alpha value is -2.45. The normalized spacial score (nSPS) is 15.7. The van der Waals surface area contributed by atoms with E-state index in [0.29, 0.717) is 26.0 Å². The lowest BCUT2D eigenvalue weighted by Gasteiger charge is -2.32. The topological polar surface area (TPSA) is 66.9 Å². The highest BCUT2D eigenvalue weighted by Gasteiger charge is 2.34. The van der Waals surface area contributed by atoms with Crippen molar-refractivity contribution in [2.24, 2.45) is 5.92 Å². The molecule has 0 saturated carbocycles. The van der Waals surface area contributed by atoms with Gasteiger partial charge in [-0.3, -0.25) is 4.79 Å². The van der Waals surface area contributed by atoms with Crippen molar-refractivity contribution in [3.63, 3.8) is 0 Å². The molecular formula is C22H27FN2O4S. The zero-order chi connectivity index (χ0) is 21.7. The number of hydrogen-bond donors (Lipinski definition) is 0. The van der Waals surface area contributed by atoms with Crippen molar-refractivity contribution in [3.05, 3.63) is 59.9 Å². The average molecular weight is 435 g/mol. The van der Waals surface area contributed by atoms with E-state index in [9.17, 15) is 17.6 Å². The van der Waals surface area contributed by atoms with Gasteiger partial charge in [0.1, 0.15) is 16.5 Å². The number of halogens is 1. The van der Waals surface area contributed by atoms with Crippen LogP contribution in [0.25, 0.3) is 0 Å². The third-order valence-electron chi connectivity index (χ3n) is 5.29. The first-order valence-corrected chi connectivity index (χ1v) is 11.5. The van der Waals surface area contributed by atoms with E-state index in [4.69, 9.17) is 4.74 Å². The molecule has 0 atom stereocenters. The predicted octanol–water partition coefficient (Wildman–Crippen LogP) is 3.28. The van der Waals surface area contributed by atoms with Gasteiger partial charge in [0.2, 0.25) is 15.9 Å². The Morgan fingerprint density at radius 3 is 2.37 bits per heavy atom. The fraction of sp³-hybridized carbons (Fsp3) is 0.409. The fourth-order valence-electron chi connectivity index (χ4n) is 3.66. The smallest absolute Gasteiger partial charge is 0.245 e. The largest absolute Gasteiger partial charge is 0.494 e. The van der Waals surface area contributed by atoms with E-state index in [1.165, 1.54) is 22.5 Å². The number of carbonyl (C=O) groups excluding carboxylic acids is 1. The Bertz CT molecular complexity index is 971. The van der Waals surface area contributed by atoms with Gasteiger partial charge < -0.3 is 9.64 Å². The Morgan fingerprint density at radius 1 is 1.13 bits per heavy atom. The standard InChI is InChI=1S/C22H27FN2O4S/c1-3-29-19-10-8-17(9-11-19)16-24(2)22(26)18-12-14-25(15-13-18)30(27,28)21-7-5-4-6-20(21)23/h4-11,18H,3,12-16H2,1-2H3. The molecule has 1 amide bonds. The van der Waals surface area contributed by atoms with Gasteiger partial charge in [0.25, 0.3) is 0 Å². The summed E-state index contributed by atoms with van der Waals surface area (Å²) in [7, 11) is -2.15. The maximum absolute atomic E-state index is 14.0. The van der Waals surface area contributed by atoms with Crippen molar-refractivity contribution in [1.29, 1.82) is 0 Å². The summed E-state index contributed by atoms with van der Waals surface area (Å²) in [5, 5.41) is 0. The summed E-state index contributed by atoms with van der Waals surface area (Å²) in [6.07, 6.45) is 0.834. The molecule has 0 spiro atoms. The number of sulfonamides is 1. The van der Waals surface area contributed by atoms with E-state index >= 15 is 0 Å². The summed E-state index contributed by atoms with van der Waals surface area (Å²) in [4.78, 5) is 14.2. The van der Waals surface area contributed by atoms with E-state index in [-0.39, 0.29) is 29.8 Å². The molecule has 0 radical (unpaired) electrons. The first-order valence-electron chi connectivity index (χ1n) is 10.0. The quantitative estimate of drug-likeness (QED) is 0.671. The van der Waals surface area contributed by atoms with Crippen LogP contribution in [0.3, 0.4) is 0 Å². The lowest BCUT2D eigenvalue weighted by molar-refractivity contribution is -0.135. The van der Waals surface area contributed by atoms with Crippen LogP contribution in [-0.4, -0.2) is 50.3 Å². The first kappa shape index (κ1) is 22.2. The second-order valence-corrected chi connectivity index (χ2v) is 9.29. The molecule has 3 rings (SSSR count). The number of carbonyl (C=O) groups is 1. The minimum atomic E-state index is -3.90. The summed E-state index contributed by atoms with van der Waals surface area (Å²) in [5.74, 6) is -0.221. The van der Waals surface area contributed by atoms with Crippen molar-refractivity contribution in [2.45, 2.75) is 31.2 Å². The second kappa shape index (κ2) is 9.57. The Labute approximate surface area is 177 Å². The van der Waals surface area contributed by atoms with Crippen LogP contribution in [0.5, 0.6) is 5.75 Å². The van der Waals surface area contributed by atoms with E-state index in [1.807, 2.05) is 31.2 Å². The van der Waals surface area contributed by atoms with Crippen molar-refractivity contribution in [2.75, 3.05) is 26.7 Å². The van der Waals surface area contributed by atoms with E-state index in [0.717, 1.165) is 17.4 Å². The molecule has 0 unspecified atom stereocenters. The molecule has 1 saturated heterocycles. The molecule has 0 N–H and O–H groups in total. The van der Waals surface area contributed by atoms with Crippen molar-refractivity contribution in [3.8, 4) is 5.75 Å². The lowest BCUT2D eigenvalue weighted by atomic mass is 9.96. The van der Waals surface area contributed by atoms with E-state index < -0.39 is 15.8 Å². The molecule has 0 aromatic heterocycles. The maximum atomic E-state index is 14.0. The van der Waals surface area contributed by atoms with E-state index in [2.05, 4.69) is 0 Å². The average Bonchev–Trinajstić information content (AvgIpc) is 2.75. The number of benzene rings is 2. The molecule has 6 nitrogen and oxygen atoms in total. The Balaban J connectivity index is 1.57. The van der Waals surface area contributed by atoms with Gasteiger partial charge in [0.05, 0.1) is 6.61 Å². The molecule has 30 heavy (non-hydrogen) atoms. The van der Waals surface area contributed by atoms with E-state index in [1.54, 1.807) is 11.9 Å². The van der Waals surface area contributed by atoms with Gasteiger partial charge in [-0.05, 0) is 49.6 Å². The minimum Gasteiger partial charge on any atom is -0.494 e. The fourth-order valence-corrected chi connectivity index (χ4v) is 5.19. The SMILES string of the molecule is CCOc1ccc(CN(C)C(=O)C2CCN(S(=O)(=O)c3ccccc3F)CC2)cc1. The van der Waals surface area contributed by atoms with Crippen molar-refractivity contribution in [1.82, 2.24) is 9.21 Å². The van der Waals surface area contributed by atoms with Crippen molar-refractivity contribution < 1.29 is 22.3 Å². The monoisotopic (exact) mass is 434 g/mol. The van der Waals surface area contributed by atoms with Crippen molar-refractivity contribution >= 4 is 15.9 Å². The highest BCUT2D eigenvalue weighted by molar-refractivity contribution is 7.89. The lowest BCUT2D eigenvalue weighted by Crippen LogP contribution is -2.43. The van der Waals surface area contributed by atoms with Crippen LogP contribution in [0.2, 0.25) is 0 Å². The molecule has 1 heterocycles. The van der Waals surface area contributed by atoms with Gasteiger partial charge in [0.15, 0.2) is 0 Å². The Kier molecular flexibility index (Phi) is 7.10. The van der Waals surface area contributed by atoms with Gasteiger partial charge in [-0.2, -0.15) is 4.31 Å². The first-order chi connectivity index (χ1) is 14.3.